The highest BCUT2D eigenvalue weighted by Gasteiger charge is 2.02. The highest BCUT2D eigenvalue weighted by atomic mass is 16.3. The number of hydrogen-bond donors (Lipinski definition) is 1. The molecule has 0 bridgehead atoms. The van der Waals surface area contributed by atoms with Gasteiger partial charge in [0.1, 0.15) is 11.8 Å². The molecule has 1 aromatic carbocycles. The maximum absolute atomic E-state index is 9.37. The highest BCUT2D eigenvalue weighted by molar-refractivity contribution is 5.47. The minimum atomic E-state index is 0.123. The Kier molecular flexibility index (Phi) is 5.38. The largest absolute Gasteiger partial charge is 0.506 e. The van der Waals surface area contributed by atoms with Gasteiger partial charge in [0.05, 0.1) is 5.56 Å². The zero-order valence-electron chi connectivity index (χ0n) is 8.33. The number of phenols is 1. The van der Waals surface area contributed by atoms with Gasteiger partial charge < -0.3 is 5.11 Å². The van der Waals surface area contributed by atoms with E-state index < -0.39 is 0 Å². The first-order valence-corrected chi connectivity index (χ1v) is 4.50. The molecule has 0 radical (unpaired) electrons. The highest BCUT2D eigenvalue weighted by Crippen LogP contribution is 2.21. The first-order chi connectivity index (χ1) is 6.29. The second-order valence-corrected chi connectivity index (χ2v) is 2.28. The fraction of sp³-hybridized carbons (Fsp3) is 0.364. The summed E-state index contributed by atoms with van der Waals surface area (Å²) in [6, 6.07) is 7.12. The molecule has 0 saturated heterocycles. The molecule has 0 atom stereocenters. The summed E-state index contributed by atoms with van der Waals surface area (Å²) >= 11 is 0. The Morgan fingerprint density at radius 2 is 2.00 bits per heavy atom. The first kappa shape index (κ1) is 11.5. The van der Waals surface area contributed by atoms with Gasteiger partial charge in [0, 0.05) is 0 Å². The number of nitrogens with zero attached hydrogens (tertiary/aromatic N) is 1. The van der Waals surface area contributed by atoms with Crippen molar-refractivity contribution >= 4 is 0 Å². The van der Waals surface area contributed by atoms with Crippen molar-refractivity contribution in [3.8, 4) is 11.8 Å². The second kappa shape index (κ2) is 6.07. The van der Waals surface area contributed by atoms with Gasteiger partial charge in [0.25, 0.3) is 0 Å². The molecule has 0 aromatic heterocycles. The monoisotopic (exact) mass is 177 g/mol. The summed E-state index contributed by atoms with van der Waals surface area (Å²) in [4.78, 5) is 0. The Hall–Kier alpha value is -1.49. The molecule has 0 aliphatic heterocycles. The minimum absolute atomic E-state index is 0.123. The Morgan fingerprint density at radius 1 is 1.38 bits per heavy atom. The lowest BCUT2D eigenvalue weighted by Crippen LogP contribution is -1.84. The van der Waals surface area contributed by atoms with E-state index in [0.29, 0.717) is 5.56 Å². The number of nitriles is 1. The third kappa shape index (κ3) is 2.79. The lowest BCUT2D eigenvalue weighted by molar-refractivity contribution is 0.467. The smallest absolute Gasteiger partial charge is 0.136 e. The van der Waals surface area contributed by atoms with Crippen molar-refractivity contribution in [2.24, 2.45) is 0 Å². The molecule has 0 heterocycles. The number of benzene rings is 1. The van der Waals surface area contributed by atoms with Gasteiger partial charge in [-0.1, -0.05) is 32.9 Å². The Morgan fingerprint density at radius 3 is 2.46 bits per heavy atom. The van der Waals surface area contributed by atoms with Gasteiger partial charge in [0.2, 0.25) is 0 Å². The van der Waals surface area contributed by atoms with Crippen LogP contribution in [0.2, 0.25) is 0 Å². The molecule has 1 aromatic rings. The summed E-state index contributed by atoms with van der Waals surface area (Å²) in [5.74, 6) is 0.123. The van der Waals surface area contributed by atoms with Crippen molar-refractivity contribution in [3.63, 3.8) is 0 Å². The van der Waals surface area contributed by atoms with Crippen LogP contribution >= 0.6 is 0 Å². The van der Waals surface area contributed by atoms with Crippen molar-refractivity contribution in [2.75, 3.05) is 0 Å². The van der Waals surface area contributed by atoms with Crippen molar-refractivity contribution < 1.29 is 5.11 Å². The fourth-order valence-corrected chi connectivity index (χ4v) is 0.967. The summed E-state index contributed by atoms with van der Waals surface area (Å²) in [6.45, 7) is 5.94. The Bertz CT molecular complexity index is 299. The standard InChI is InChI=1S/C9H9NO.C2H6/c1-2-7-4-3-5-8(6-10)9(7)11;1-2/h3-5,11H,2H2,1H3;1-2H3. The van der Waals surface area contributed by atoms with Crippen molar-refractivity contribution in [1.29, 1.82) is 5.26 Å². The lowest BCUT2D eigenvalue weighted by atomic mass is 10.1. The lowest BCUT2D eigenvalue weighted by Gasteiger charge is -2.00. The number of aromatic hydroxyl groups is 1. The predicted molar refractivity (Wildman–Crippen MR) is 53.5 cm³/mol. The predicted octanol–water partition coefficient (Wildman–Crippen LogP) is 2.85. The maximum Gasteiger partial charge on any atom is 0.136 e. The van der Waals surface area contributed by atoms with Crippen LogP contribution in [0.15, 0.2) is 18.2 Å². The van der Waals surface area contributed by atoms with E-state index in [0.717, 1.165) is 12.0 Å². The van der Waals surface area contributed by atoms with E-state index in [4.69, 9.17) is 5.26 Å². The van der Waals surface area contributed by atoms with E-state index >= 15 is 0 Å². The molecule has 0 aliphatic carbocycles. The van der Waals surface area contributed by atoms with Crippen LogP contribution in [-0.4, -0.2) is 5.11 Å². The van der Waals surface area contributed by atoms with E-state index in [2.05, 4.69) is 0 Å². The molecule has 0 saturated carbocycles. The van der Waals surface area contributed by atoms with E-state index in [1.54, 1.807) is 12.1 Å². The van der Waals surface area contributed by atoms with E-state index in [-0.39, 0.29) is 5.75 Å². The van der Waals surface area contributed by atoms with Gasteiger partial charge in [-0.25, -0.2) is 0 Å². The van der Waals surface area contributed by atoms with Gasteiger partial charge >= 0.3 is 0 Å². The van der Waals surface area contributed by atoms with Crippen LogP contribution in [0.3, 0.4) is 0 Å². The third-order valence-electron chi connectivity index (χ3n) is 1.62. The molecule has 13 heavy (non-hydrogen) atoms. The molecule has 0 spiro atoms. The van der Waals surface area contributed by atoms with Crippen LogP contribution < -0.4 is 0 Å². The fourth-order valence-electron chi connectivity index (χ4n) is 0.967. The van der Waals surface area contributed by atoms with Crippen LogP contribution in [-0.2, 0) is 6.42 Å². The zero-order chi connectivity index (χ0) is 10.3. The number of rotatable bonds is 1. The van der Waals surface area contributed by atoms with E-state index in [9.17, 15) is 5.11 Å². The molecule has 70 valence electrons. The molecule has 2 heteroatoms. The minimum Gasteiger partial charge on any atom is -0.506 e. The maximum atomic E-state index is 9.37. The topological polar surface area (TPSA) is 44.0 Å². The molecule has 0 aliphatic rings. The van der Waals surface area contributed by atoms with Crippen LogP contribution in [0, 0.1) is 11.3 Å². The van der Waals surface area contributed by atoms with Gasteiger partial charge in [-0.15, -0.1) is 0 Å². The molecule has 0 unspecified atom stereocenters. The molecule has 1 rings (SSSR count). The molecule has 0 amide bonds. The normalized spacial score (nSPS) is 8.15. The average molecular weight is 177 g/mol. The summed E-state index contributed by atoms with van der Waals surface area (Å²) in [6.07, 6.45) is 0.751. The van der Waals surface area contributed by atoms with Crippen LogP contribution in [0.4, 0.5) is 0 Å². The summed E-state index contributed by atoms with van der Waals surface area (Å²) in [5.41, 5.74) is 1.17. The van der Waals surface area contributed by atoms with Crippen LogP contribution in [0.1, 0.15) is 31.9 Å². The number of aryl methyl sites for hydroxylation is 1. The van der Waals surface area contributed by atoms with E-state index in [1.165, 1.54) is 0 Å². The van der Waals surface area contributed by atoms with Crippen LogP contribution in [0.25, 0.3) is 0 Å². The third-order valence-corrected chi connectivity index (χ3v) is 1.62. The summed E-state index contributed by atoms with van der Waals surface area (Å²) in [7, 11) is 0. The van der Waals surface area contributed by atoms with Crippen molar-refractivity contribution in [2.45, 2.75) is 27.2 Å². The Labute approximate surface area is 79.4 Å². The summed E-state index contributed by atoms with van der Waals surface area (Å²) < 4.78 is 0. The zero-order valence-corrected chi connectivity index (χ0v) is 8.33. The summed E-state index contributed by atoms with van der Waals surface area (Å²) in [5, 5.41) is 17.9. The molecular formula is C11H15NO. The number of para-hydroxylation sites is 1. The van der Waals surface area contributed by atoms with Crippen molar-refractivity contribution in [3.05, 3.63) is 29.3 Å². The second-order valence-electron chi connectivity index (χ2n) is 2.28. The Balaban J connectivity index is 0.000000671. The van der Waals surface area contributed by atoms with E-state index in [1.807, 2.05) is 32.9 Å². The molecule has 1 N–H and O–H groups in total. The first-order valence-electron chi connectivity index (χ1n) is 4.50. The molecule has 2 nitrogen and oxygen atoms in total. The van der Waals surface area contributed by atoms with Gasteiger partial charge in [-0.3, -0.25) is 0 Å². The van der Waals surface area contributed by atoms with Crippen LogP contribution in [0.5, 0.6) is 5.75 Å². The van der Waals surface area contributed by atoms with Gasteiger partial charge in [-0.2, -0.15) is 5.26 Å². The van der Waals surface area contributed by atoms with Gasteiger partial charge in [-0.05, 0) is 18.1 Å². The number of hydrogen-bond acceptors (Lipinski definition) is 2. The quantitative estimate of drug-likeness (QED) is 0.716. The molecular weight excluding hydrogens is 162 g/mol. The number of phenolic OH excluding ortho intramolecular Hbond substituents is 1. The van der Waals surface area contributed by atoms with Gasteiger partial charge in [0.15, 0.2) is 0 Å². The molecule has 0 fully saturated rings. The van der Waals surface area contributed by atoms with Crippen molar-refractivity contribution in [1.82, 2.24) is 0 Å². The SMILES string of the molecule is CC.CCc1cccc(C#N)c1O. The average Bonchev–Trinajstić information content (AvgIpc) is 2.21.